The quantitative estimate of drug-likeness (QED) is 0.742. The van der Waals surface area contributed by atoms with Gasteiger partial charge in [-0.3, -0.25) is 9.59 Å². The number of carbonyl (C=O) groups excluding carboxylic acids is 1. The van der Waals surface area contributed by atoms with Crippen LogP contribution in [0.2, 0.25) is 0 Å². The molecule has 2 heterocycles. The molecule has 0 bridgehead atoms. The summed E-state index contributed by atoms with van der Waals surface area (Å²) < 4.78 is 1.73. The molecule has 130 valence electrons. The molecule has 5 heteroatoms. The van der Waals surface area contributed by atoms with Gasteiger partial charge in [-0.1, -0.05) is 35.7 Å². The predicted octanol–water partition coefficient (Wildman–Crippen LogP) is 2.54. The van der Waals surface area contributed by atoms with Crippen LogP contribution in [0.3, 0.4) is 0 Å². The highest BCUT2D eigenvalue weighted by Gasteiger charge is 2.15. The van der Waals surface area contributed by atoms with Crippen molar-refractivity contribution in [3.63, 3.8) is 0 Å². The summed E-state index contributed by atoms with van der Waals surface area (Å²) in [4.78, 5) is 29.6. The molecule has 0 unspecified atom stereocenters. The summed E-state index contributed by atoms with van der Waals surface area (Å²) in [6, 6.07) is 11.4. The van der Waals surface area contributed by atoms with Crippen LogP contribution in [-0.2, 0) is 13.6 Å². The molecule has 0 aliphatic heterocycles. The average molecular weight is 345 g/mol. The van der Waals surface area contributed by atoms with Crippen molar-refractivity contribution in [2.45, 2.75) is 20.4 Å². The van der Waals surface area contributed by atoms with Crippen LogP contribution in [0, 0.1) is 18.8 Å². The van der Waals surface area contributed by atoms with Gasteiger partial charge in [0.1, 0.15) is 16.8 Å². The molecule has 0 fully saturated rings. The molecule has 2 aromatic heterocycles. The molecule has 0 saturated carbocycles. The van der Waals surface area contributed by atoms with E-state index in [4.69, 9.17) is 0 Å². The SMILES string of the molecule is CC#Cc1ccc2c(n1)c(=O)c(C(=O)NCc1ccc(C)cc1)cn2C. The van der Waals surface area contributed by atoms with Crippen LogP contribution in [0.4, 0.5) is 0 Å². The molecule has 3 aromatic rings. The highest BCUT2D eigenvalue weighted by molar-refractivity contribution is 5.96. The maximum atomic E-state index is 12.7. The second-order valence-electron chi connectivity index (χ2n) is 6.09. The number of pyridine rings is 2. The molecule has 0 aliphatic carbocycles. The fourth-order valence-electron chi connectivity index (χ4n) is 2.70. The van der Waals surface area contributed by atoms with Crippen molar-refractivity contribution < 1.29 is 4.79 Å². The maximum Gasteiger partial charge on any atom is 0.257 e. The molecule has 0 aliphatic rings. The zero-order chi connectivity index (χ0) is 18.7. The van der Waals surface area contributed by atoms with Crippen molar-refractivity contribution in [2.75, 3.05) is 0 Å². The number of benzene rings is 1. The second-order valence-corrected chi connectivity index (χ2v) is 6.09. The minimum atomic E-state index is -0.415. The predicted molar refractivity (Wildman–Crippen MR) is 102 cm³/mol. The molecule has 1 N–H and O–H groups in total. The van der Waals surface area contributed by atoms with Crippen molar-refractivity contribution in [2.24, 2.45) is 7.05 Å². The van der Waals surface area contributed by atoms with Gasteiger partial charge < -0.3 is 9.88 Å². The van der Waals surface area contributed by atoms with Crippen molar-refractivity contribution in [3.8, 4) is 11.8 Å². The van der Waals surface area contributed by atoms with Gasteiger partial charge in [0.25, 0.3) is 5.91 Å². The van der Waals surface area contributed by atoms with Gasteiger partial charge in [0, 0.05) is 19.8 Å². The number of amides is 1. The zero-order valence-electron chi connectivity index (χ0n) is 15.0. The zero-order valence-corrected chi connectivity index (χ0v) is 15.0. The largest absolute Gasteiger partial charge is 0.348 e. The second kappa shape index (κ2) is 7.24. The number of aryl methyl sites for hydroxylation is 2. The van der Waals surface area contributed by atoms with E-state index in [-0.39, 0.29) is 16.5 Å². The van der Waals surface area contributed by atoms with Gasteiger partial charge in [-0.15, -0.1) is 0 Å². The Hall–Kier alpha value is -3.39. The van der Waals surface area contributed by atoms with Crippen LogP contribution in [0.5, 0.6) is 0 Å². The van der Waals surface area contributed by atoms with E-state index in [0.29, 0.717) is 17.8 Å². The highest BCUT2D eigenvalue weighted by Crippen LogP contribution is 2.10. The first kappa shape index (κ1) is 17.4. The first-order valence-corrected chi connectivity index (χ1v) is 8.26. The third-order valence-corrected chi connectivity index (χ3v) is 4.11. The molecular weight excluding hydrogens is 326 g/mol. The first-order chi connectivity index (χ1) is 12.5. The smallest absolute Gasteiger partial charge is 0.257 e. The lowest BCUT2D eigenvalue weighted by Gasteiger charge is -2.10. The molecular formula is C21H19N3O2. The minimum Gasteiger partial charge on any atom is -0.348 e. The van der Waals surface area contributed by atoms with Gasteiger partial charge in [0.05, 0.1) is 5.52 Å². The van der Waals surface area contributed by atoms with Gasteiger partial charge in [0.15, 0.2) is 0 Å². The van der Waals surface area contributed by atoms with Crippen molar-refractivity contribution in [1.82, 2.24) is 14.9 Å². The number of rotatable bonds is 3. The monoisotopic (exact) mass is 345 g/mol. The molecule has 1 amide bonds. The van der Waals surface area contributed by atoms with Crippen molar-refractivity contribution >= 4 is 16.9 Å². The summed E-state index contributed by atoms with van der Waals surface area (Å²) in [6.07, 6.45) is 1.54. The molecule has 0 radical (unpaired) electrons. The van der Waals surface area contributed by atoms with Crippen LogP contribution in [0.15, 0.2) is 47.4 Å². The Morgan fingerprint density at radius 1 is 1.19 bits per heavy atom. The van der Waals surface area contributed by atoms with Crippen molar-refractivity contribution in [1.29, 1.82) is 0 Å². The lowest BCUT2D eigenvalue weighted by molar-refractivity contribution is 0.0949. The summed E-state index contributed by atoms with van der Waals surface area (Å²) in [6.45, 7) is 4.07. The lowest BCUT2D eigenvalue weighted by Crippen LogP contribution is -2.29. The van der Waals surface area contributed by atoms with Gasteiger partial charge >= 0.3 is 0 Å². The molecule has 0 saturated heterocycles. The Balaban J connectivity index is 1.94. The van der Waals surface area contributed by atoms with Crippen LogP contribution in [0.25, 0.3) is 11.0 Å². The van der Waals surface area contributed by atoms with Gasteiger partial charge in [-0.25, -0.2) is 4.98 Å². The van der Waals surface area contributed by atoms with E-state index in [9.17, 15) is 9.59 Å². The van der Waals surface area contributed by atoms with Gasteiger partial charge in [-0.05, 0) is 37.5 Å². The van der Waals surface area contributed by atoms with Gasteiger partial charge in [0.2, 0.25) is 5.43 Å². The van der Waals surface area contributed by atoms with Crippen LogP contribution < -0.4 is 10.7 Å². The topological polar surface area (TPSA) is 64.0 Å². The van der Waals surface area contributed by atoms with E-state index in [0.717, 1.165) is 11.1 Å². The first-order valence-electron chi connectivity index (χ1n) is 8.26. The number of carbonyl (C=O) groups is 1. The minimum absolute atomic E-state index is 0.0706. The van der Waals surface area contributed by atoms with Crippen LogP contribution in [-0.4, -0.2) is 15.5 Å². The van der Waals surface area contributed by atoms with Gasteiger partial charge in [-0.2, -0.15) is 0 Å². The number of hydrogen-bond donors (Lipinski definition) is 1. The summed E-state index contributed by atoms with van der Waals surface area (Å²) in [5, 5.41) is 2.80. The molecule has 0 atom stereocenters. The fourth-order valence-corrected chi connectivity index (χ4v) is 2.70. The van der Waals surface area contributed by atoms with E-state index in [1.165, 1.54) is 0 Å². The van der Waals surface area contributed by atoms with Crippen LogP contribution in [0.1, 0.15) is 34.1 Å². The van der Waals surface area contributed by atoms with E-state index in [1.807, 2.05) is 31.2 Å². The van der Waals surface area contributed by atoms with E-state index in [1.54, 1.807) is 36.9 Å². The Kier molecular flexibility index (Phi) is 4.85. The molecule has 0 spiro atoms. The Morgan fingerprint density at radius 2 is 1.92 bits per heavy atom. The fraction of sp³-hybridized carbons (Fsp3) is 0.190. The Bertz CT molecular complexity index is 1100. The summed E-state index contributed by atoms with van der Waals surface area (Å²) in [7, 11) is 1.78. The standard InChI is InChI=1S/C21H19N3O2/c1-4-5-16-10-11-18-19(23-16)20(25)17(13-24(18)3)21(26)22-12-15-8-6-14(2)7-9-15/h6-11,13H,12H2,1-3H3,(H,22,26). The molecule has 26 heavy (non-hydrogen) atoms. The highest BCUT2D eigenvalue weighted by atomic mass is 16.2. The number of aromatic nitrogens is 2. The maximum absolute atomic E-state index is 12.7. The van der Waals surface area contributed by atoms with E-state index >= 15 is 0 Å². The average Bonchev–Trinajstić information content (AvgIpc) is 2.64. The summed E-state index contributed by atoms with van der Waals surface area (Å²) >= 11 is 0. The summed E-state index contributed by atoms with van der Waals surface area (Å²) in [5.74, 6) is 5.18. The van der Waals surface area contributed by atoms with E-state index < -0.39 is 5.91 Å². The normalized spacial score (nSPS) is 10.3. The summed E-state index contributed by atoms with van der Waals surface area (Å²) in [5.41, 5.74) is 3.22. The Morgan fingerprint density at radius 3 is 2.62 bits per heavy atom. The van der Waals surface area contributed by atoms with E-state index in [2.05, 4.69) is 22.1 Å². The third kappa shape index (κ3) is 3.50. The molecule has 3 rings (SSSR count). The lowest BCUT2D eigenvalue weighted by atomic mass is 10.1. The number of nitrogens with zero attached hydrogens (tertiary/aromatic N) is 2. The van der Waals surface area contributed by atoms with Crippen LogP contribution >= 0.6 is 0 Å². The number of fused-ring (bicyclic) bond motifs is 1. The Labute approximate surface area is 151 Å². The molecule has 1 aromatic carbocycles. The number of hydrogen-bond acceptors (Lipinski definition) is 3. The van der Waals surface area contributed by atoms with Crippen molar-refractivity contribution in [3.05, 3.63) is 75.2 Å². The molecule has 5 nitrogen and oxygen atoms in total. The number of nitrogens with one attached hydrogen (secondary N) is 1. The third-order valence-electron chi connectivity index (χ3n) is 4.11.